The molecule has 1 atom stereocenters. The van der Waals surface area contributed by atoms with E-state index < -0.39 is 11.9 Å². The zero-order valence-corrected chi connectivity index (χ0v) is 5.74. The van der Waals surface area contributed by atoms with Crippen molar-refractivity contribution in [2.45, 2.75) is 6.92 Å². The number of rotatable bonds is 5. The van der Waals surface area contributed by atoms with E-state index in [1.165, 1.54) is 0 Å². The molecule has 4 heteroatoms. The number of carboxylic acid groups (broad SMARTS) is 1. The predicted molar refractivity (Wildman–Crippen MR) is 33.7 cm³/mol. The highest BCUT2D eigenvalue weighted by molar-refractivity contribution is 5.86. The summed E-state index contributed by atoms with van der Waals surface area (Å²) >= 11 is 0. The molecule has 0 saturated heterocycles. The van der Waals surface area contributed by atoms with Gasteiger partial charge in [-0.05, 0) is 6.92 Å². The molecule has 0 aromatic carbocycles. The van der Waals surface area contributed by atoms with E-state index >= 15 is 0 Å². The summed E-state index contributed by atoms with van der Waals surface area (Å²) in [5, 5.41) is 8.29. The number of hydrogen-bond donors (Lipinski definition) is 1. The minimum atomic E-state index is -1.14. The molecule has 0 aromatic rings. The first-order valence-corrected chi connectivity index (χ1v) is 2.98. The van der Waals surface area contributed by atoms with E-state index in [0.29, 0.717) is 12.9 Å². The van der Waals surface area contributed by atoms with Crippen molar-refractivity contribution in [2.24, 2.45) is 5.92 Å². The van der Waals surface area contributed by atoms with Gasteiger partial charge in [-0.3, -0.25) is 4.79 Å². The van der Waals surface area contributed by atoms with Crippen LogP contribution in [0.25, 0.3) is 0 Å². The van der Waals surface area contributed by atoms with Crippen LogP contribution in [0.2, 0.25) is 0 Å². The van der Waals surface area contributed by atoms with Gasteiger partial charge in [0.15, 0.2) is 0 Å². The molecular weight excluding hydrogens is 136 g/mol. The van der Waals surface area contributed by atoms with E-state index in [9.17, 15) is 9.59 Å². The highest BCUT2D eigenvalue weighted by Gasteiger charge is 2.15. The zero-order valence-electron chi connectivity index (χ0n) is 5.74. The van der Waals surface area contributed by atoms with Crippen molar-refractivity contribution in [3.05, 3.63) is 0 Å². The molecule has 0 aliphatic rings. The Morgan fingerprint density at radius 1 is 1.80 bits per heavy atom. The first kappa shape index (κ1) is 9.10. The van der Waals surface area contributed by atoms with Gasteiger partial charge >= 0.3 is 5.97 Å². The smallest absolute Gasteiger partial charge is 0.316 e. The maximum Gasteiger partial charge on any atom is 0.316 e. The molecule has 4 nitrogen and oxygen atoms in total. The summed E-state index contributed by atoms with van der Waals surface area (Å²) in [6.07, 6.45) is 0.373. The molecule has 0 aromatic heterocycles. The highest BCUT2D eigenvalue weighted by atomic mass is 16.5. The summed E-state index contributed by atoms with van der Waals surface area (Å²) in [4.78, 5) is 20.1. The van der Waals surface area contributed by atoms with E-state index in [4.69, 9.17) is 9.84 Å². The number of aldehydes is 1. The molecule has 0 spiro atoms. The van der Waals surface area contributed by atoms with Crippen molar-refractivity contribution in [2.75, 3.05) is 13.2 Å². The lowest BCUT2D eigenvalue weighted by Crippen LogP contribution is -2.20. The van der Waals surface area contributed by atoms with Gasteiger partial charge in [0.25, 0.3) is 0 Å². The van der Waals surface area contributed by atoms with E-state index in [1.54, 1.807) is 6.92 Å². The van der Waals surface area contributed by atoms with E-state index in [0.717, 1.165) is 0 Å². The Morgan fingerprint density at radius 2 is 2.40 bits per heavy atom. The summed E-state index contributed by atoms with van der Waals surface area (Å²) in [5.41, 5.74) is 0. The molecule has 0 radical (unpaired) electrons. The minimum Gasteiger partial charge on any atom is -0.481 e. The Labute approximate surface area is 58.8 Å². The first-order valence-electron chi connectivity index (χ1n) is 2.98. The maximum atomic E-state index is 10.1. The van der Waals surface area contributed by atoms with Crippen LogP contribution in [0.5, 0.6) is 0 Å². The Kier molecular flexibility index (Phi) is 4.49. The molecule has 10 heavy (non-hydrogen) atoms. The van der Waals surface area contributed by atoms with Crippen molar-refractivity contribution in [3.63, 3.8) is 0 Å². The molecule has 0 amide bonds. The zero-order chi connectivity index (χ0) is 7.98. The topological polar surface area (TPSA) is 63.6 Å². The van der Waals surface area contributed by atoms with Crippen LogP contribution in [0.15, 0.2) is 0 Å². The molecule has 0 bridgehead atoms. The lowest BCUT2D eigenvalue weighted by Gasteiger charge is -2.02. The molecular formula is C6H10O4. The molecule has 0 rings (SSSR count). The fraction of sp³-hybridized carbons (Fsp3) is 0.667. The second-order valence-corrected chi connectivity index (χ2v) is 1.74. The summed E-state index contributed by atoms with van der Waals surface area (Å²) < 4.78 is 4.74. The number of carbonyl (C=O) groups excluding carboxylic acids is 1. The molecule has 1 unspecified atom stereocenters. The normalized spacial score (nSPS) is 12.5. The third kappa shape index (κ3) is 3.19. The summed E-state index contributed by atoms with van der Waals surface area (Å²) in [7, 11) is 0. The maximum absolute atomic E-state index is 10.1. The van der Waals surface area contributed by atoms with Crippen molar-refractivity contribution >= 4 is 12.3 Å². The summed E-state index contributed by atoms with van der Waals surface area (Å²) in [6, 6.07) is 0. The van der Waals surface area contributed by atoms with Gasteiger partial charge in [-0.15, -0.1) is 0 Å². The van der Waals surface area contributed by atoms with Gasteiger partial charge in [0.05, 0.1) is 6.61 Å². The third-order valence-electron chi connectivity index (χ3n) is 0.983. The van der Waals surface area contributed by atoms with Crippen molar-refractivity contribution in [1.82, 2.24) is 0 Å². The second kappa shape index (κ2) is 4.93. The van der Waals surface area contributed by atoms with E-state index in [-0.39, 0.29) is 6.61 Å². The van der Waals surface area contributed by atoms with Crippen molar-refractivity contribution < 1.29 is 19.4 Å². The van der Waals surface area contributed by atoms with E-state index in [2.05, 4.69) is 0 Å². The molecule has 0 fully saturated rings. The van der Waals surface area contributed by atoms with Crippen LogP contribution in [0.4, 0.5) is 0 Å². The highest BCUT2D eigenvalue weighted by Crippen LogP contribution is 1.92. The lowest BCUT2D eigenvalue weighted by molar-refractivity contribution is -0.145. The van der Waals surface area contributed by atoms with Gasteiger partial charge in [0, 0.05) is 6.61 Å². The number of aliphatic carboxylic acids is 1. The van der Waals surface area contributed by atoms with Crippen LogP contribution < -0.4 is 0 Å². The van der Waals surface area contributed by atoms with Crippen LogP contribution in [-0.4, -0.2) is 30.6 Å². The molecule has 0 saturated carbocycles. The van der Waals surface area contributed by atoms with Crippen molar-refractivity contribution in [3.8, 4) is 0 Å². The van der Waals surface area contributed by atoms with Crippen LogP contribution >= 0.6 is 0 Å². The minimum absolute atomic E-state index is 0.0324. The van der Waals surface area contributed by atoms with Gasteiger partial charge in [-0.25, -0.2) is 0 Å². The molecule has 0 aliphatic carbocycles. The van der Waals surface area contributed by atoms with Crippen molar-refractivity contribution in [1.29, 1.82) is 0 Å². The SMILES string of the molecule is CCOCC(C=O)C(=O)O. The van der Waals surface area contributed by atoms with Crippen LogP contribution in [0.1, 0.15) is 6.92 Å². The Hall–Kier alpha value is -0.900. The van der Waals surface area contributed by atoms with Gasteiger partial charge < -0.3 is 14.6 Å². The van der Waals surface area contributed by atoms with Crippen LogP contribution in [0.3, 0.4) is 0 Å². The van der Waals surface area contributed by atoms with Crippen LogP contribution in [0, 0.1) is 5.92 Å². The molecule has 0 heterocycles. The summed E-state index contributed by atoms with van der Waals surface area (Å²) in [6.45, 7) is 2.14. The second-order valence-electron chi connectivity index (χ2n) is 1.74. The largest absolute Gasteiger partial charge is 0.481 e. The number of carbonyl (C=O) groups is 2. The standard InChI is InChI=1S/C6H10O4/c1-2-10-4-5(3-7)6(8)9/h3,5H,2,4H2,1H3,(H,8,9). The third-order valence-corrected chi connectivity index (χ3v) is 0.983. The quantitative estimate of drug-likeness (QED) is 0.435. The number of ether oxygens (including phenoxy) is 1. The van der Waals surface area contributed by atoms with Gasteiger partial charge in [0.1, 0.15) is 12.2 Å². The number of hydrogen-bond acceptors (Lipinski definition) is 3. The average Bonchev–Trinajstić information content (AvgIpc) is 1.89. The van der Waals surface area contributed by atoms with Gasteiger partial charge in [-0.1, -0.05) is 0 Å². The fourth-order valence-corrected chi connectivity index (χ4v) is 0.414. The van der Waals surface area contributed by atoms with Crippen LogP contribution in [-0.2, 0) is 14.3 Å². The summed E-state index contributed by atoms with van der Waals surface area (Å²) in [5.74, 6) is -2.15. The Morgan fingerprint density at radius 3 is 2.70 bits per heavy atom. The van der Waals surface area contributed by atoms with Gasteiger partial charge in [0.2, 0.25) is 0 Å². The molecule has 0 aliphatic heterocycles. The van der Waals surface area contributed by atoms with Gasteiger partial charge in [-0.2, -0.15) is 0 Å². The molecule has 1 N–H and O–H groups in total. The molecule has 58 valence electrons. The predicted octanol–water partition coefficient (Wildman–Crippen LogP) is -0.0774. The number of carboxylic acids is 1. The Balaban J connectivity index is 3.60. The average molecular weight is 146 g/mol. The van der Waals surface area contributed by atoms with E-state index in [1.807, 2.05) is 0 Å². The lowest BCUT2D eigenvalue weighted by atomic mass is 10.2. The monoisotopic (exact) mass is 146 g/mol. The Bertz CT molecular complexity index is 121. The fourth-order valence-electron chi connectivity index (χ4n) is 0.414. The first-order chi connectivity index (χ1) is 4.72.